The van der Waals surface area contributed by atoms with Gasteiger partial charge < -0.3 is 4.52 Å². The van der Waals surface area contributed by atoms with Gasteiger partial charge in [0, 0.05) is 5.56 Å². The van der Waals surface area contributed by atoms with Gasteiger partial charge in [-0.1, -0.05) is 47.6 Å². The first-order valence-electron chi connectivity index (χ1n) is 7.11. The number of alkyl halides is 3. The minimum absolute atomic E-state index is 0.0632. The second-order valence-corrected chi connectivity index (χ2v) is 6.30. The summed E-state index contributed by atoms with van der Waals surface area (Å²) in [5.74, 6) is -1.15. The summed E-state index contributed by atoms with van der Waals surface area (Å²) < 4.78 is 60.8. The molecule has 0 spiro atoms. The van der Waals surface area contributed by atoms with Crippen molar-refractivity contribution in [1.82, 2.24) is 5.16 Å². The first-order chi connectivity index (χ1) is 11.9. The zero-order valence-corrected chi connectivity index (χ0v) is 13.7. The van der Waals surface area contributed by atoms with Gasteiger partial charge in [0.1, 0.15) is 5.69 Å². The quantitative estimate of drug-likeness (QED) is 0.671. The third-order valence-electron chi connectivity index (χ3n) is 3.48. The summed E-state index contributed by atoms with van der Waals surface area (Å²) in [6.45, 7) is 0. The van der Waals surface area contributed by atoms with Crippen molar-refractivity contribution in [3.63, 3.8) is 0 Å². The highest BCUT2D eigenvalue weighted by Crippen LogP contribution is 2.42. The van der Waals surface area contributed by atoms with Crippen molar-refractivity contribution < 1.29 is 26.1 Å². The Balaban J connectivity index is 2.14. The van der Waals surface area contributed by atoms with Crippen LogP contribution in [0.2, 0.25) is 0 Å². The minimum atomic E-state index is -4.67. The van der Waals surface area contributed by atoms with Crippen LogP contribution in [-0.2, 0) is 21.4 Å². The van der Waals surface area contributed by atoms with E-state index in [9.17, 15) is 17.4 Å². The lowest BCUT2D eigenvalue weighted by Crippen LogP contribution is -2.05. The minimum Gasteiger partial charge on any atom is -0.350 e. The van der Waals surface area contributed by atoms with E-state index in [-0.39, 0.29) is 11.3 Å². The highest BCUT2D eigenvalue weighted by atomic mass is 32.2. The molecule has 3 aromatic rings. The molecule has 8 heteroatoms. The van der Waals surface area contributed by atoms with Crippen LogP contribution < -0.4 is 0 Å². The van der Waals surface area contributed by atoms with Crippen LogP contribution in [0.3, 0.4) is 0 Å². The molecule has 0 aliphatic heterocycles. The lowest BCUT2D eigenvalue weighted by Gasteiger charge is -2.07. The summed E-state index contributed by atoms with van der Waals surface area (Å²) in [4.78, 5) is 0.395. The molecule has 3 rings (SSSR count). The van der Waals surface area contributed by atoms with Gasteiger partial charge >= 0.3 is 6.18 Å². The smallest absolute Gasteiger partial charge is 0.350 e. The van der Waals surface area contributed by atoms with Gasteiger partial charge in [0.05, 0.1) is 17.6 Å². The van der Waals surface area contributed by atoms with Crippen molar-refractivity contribution in [3.05, 3.63) is 60.4 Å². The third-order valence-corrected chi connectivity index (χ3v) is 4.44. The van der Waals surface area contributed by atoms with Crippen molar-refractivity contribution in [2.24, 2.45) is 0 Å². The van der Waals surface area contributed by atoms with Gasteiger partial charge in [-0.3, -0.25) is 4.18 Å². The molecule has 1 atom stereocenters. The Kier molecular flexibility index (Phi) is 4.73. The molecule has 0 aliphatic carbocycles. The molecular weight excluding hydrogens is 355 g/mol. The average Bonchev–Trinajstić information content (AvgIpc) is 3.07. The monoisotopic (exact) mass is 367 g/mol. The van der Waals surface area contributed by atoms with Crippen molar-refractivity contribution in [2.75, 3.05) is 7.11 Å². The van der Waals surface area contributed by atoms with Gasteiger partial charge in [-0.2, -0.15) is 13.2 Å². The Labute approximate surface area is 143 Å². The van der Waals surface area contributed by atoms with E-state index < -0.39 is 23.0 Å². The molecule has 4 nitrogen and oxygen atoms in total. The summed E-state index contributed by atoms with van der Waals surface area (Å²) >= 11 is -1.63. The maximum Gasteiger partial charge on any atom is 0.453 e. The molecule has 1 unspecified atom stereocenters. The molecule has 1 aromatic heterocycles. The summed E-state index contributed by atoms with van der Waals surface area (Å²) in [5.41, 5.74) is 0.688. The lowest BCUT2D eigenvalue weighted by atomic mass is 9.99. The predicted octanol–water partition coefficient (Wildman–Crippen LogP) is 4.70. The summed E-state index contributed by atoms with van der Waals surface area (Å²) in [6, 6.07) is 14.1. The standard InChI is InChI=1S/C17H12F3NO3S/c1-23-25(22)13-9-7-12(8-10-13)15-14(11-5-3-2-4-6-11)16(24-21-15)17(18,19)20/h2-10H,1H3. The van der Waals surface area contributed by atoms with Crippen molar-refractivity contribution in [1.29, 1.82) is 0 Å². The van der Waals surface area contributed by atoms with Gasteiger partial charge in [-0.05, 0) is 17.7 Å². The molecular formula is C17H12F3NO3S. The summed E-state index contributed by atoms with van der Waals surface area (Å²) in [5, 5.41) is 3.62. The van der Waals surface area contributed by atoms with Crippen molar-refractivity contribution in [2.45, 2.75) is 11.1 Å². The Bertz CT molecular complexity index is 890. The third kappa shape index (κ3) is 3.49. The number of hydrogen-bond donors (Lipinski definition) is 0. The highest BCUT2D eigenvalue weighted by Gasteiger charge is 2.41. The van der Waals surface area contributed by atoms with Crippen LogP contribution in [0.4, 0.5) is 13.2 Å². The Morgan fingerprint density at radius 2 is 1.64 bits per heavy atom. The fraction of sp³-hybridized carbons (Fsp3) is 0.118. The van der Waals surface area contributed by atoms with Gasteiger partial charge in [-0.25, -0.2) is 4.21 Å². The first kappa shape index (κ1) is 17.4. The molecule has 0 radical (unpaired) electrons. The second-order valence-electron chi connectivity index (χ2n) is 5.02. The number of nitrogens with zero attached hydrogens (tertiary/aromatic N) is 1. The lowest BCUT2D eigenvalue weighted by molar-refractivity contribution is -0.154. The molecule has 0 fully saturated rings. The van der Waals surface area contributed by atoms with Crippen molar-refractivity contribution in [3.8, 4) is 22.4 Å². The normalized spacial score (nSPS) is 13.0. The molecule has 0 bridgehead atoms. The largest absolute Gasteiger partial charge is 0.453 e. The highest BCUT2D eigenvalue weighted by molar-refractivity contribution is 7.80. The molecule has 0 aliphatic rings. The van der Waals surface area contributed by atoms with Crippen molar-refractivity contribution >= 4 is 11.1 Å². The van der Waals surface area contributed by atoms with Crippen LogP contribution in [0.5, 0.6) is 0 Å². The van der Waals surface area contributed by atoms with Gasteiger partial charge in [0.2, 0.25) is 5.76 Å². The number of halogens is 3. The molecule has 2 aromatic carbocycles. The molecule has 25 heavy (non-hydrogen) atoms. The van der Waals surface area contributed by atoms with E-state index in [1.165, 1.54) is 31.4 Å². The molecule has 0 saturated heterocycles. The summed E-state index contributed by atoms with van der Waals surface area (Å²) in [7, 11) is 1.30. The van der Waals surface area contributed by atoms with Crippen LogP contribution in [0.25, 0.3) is 22.4 Å². The number of rotatable bonds is 4. The molecule has 0 saturated carbocycles. The molecule has 1 heterocycles. The number of hydrogen-bond acceptors (Lipinski definition) is 4. The fourth-order valence-electron chi connectivity index (χ4n) is 2.37. The van der Waals surface area contributed by atoms with E-state index in [1.807, 2.05) is 0 Å². The predicted molar refractivity (Wildman–Crippen MR) is 85.8 cm³/mol. The van der Waals surface area contributed by atoms with E-state index in [0.717, 1.165) is 0 Å². The van der Waals surface area contributed by atoms with Crippen LogP contribution in [-0.4, -0.2) is 16.5 Å². The van der Waals surface area contributed by atoms with Gasteiger partial charge in [-0.15, -0.1) is 0 Å². The maximum absolute atomic E-state index is 13.3. The second kappa shape index (κ2) is 6.81. The zero-order valence-electron chi connectivity index (χ0n) is 12.9. The van der Waals surface area contributed by atoms with Crippen LogP contribution in [0.1, 0.15) is 5.76 Å². The molecule has 0 N–H and O–H groups in total. The Morgan fingerprint density at radius 3 is 2.20 bits per heavy atom. The van der Waals surface area contributed by atoms with E-state index in [2.05, 4.69) is 9.68 Å². The van der Waals surface area contributed by atoms with Gasteiger partial charge in [0.15, 0.2) is 11.1 Å². The zero-order chi connectivity index (χ0) is 18.0. The van der Waals surface area contributed by atoms with E-state index in [4.69, 9.17) is 4.18 Å². The Morgan fingerprint density at radius 1 is 1.00 bits per heavy atom. The maximum atomic E-state index is 13.3. The SMILES string of the molecule is COS(=O)c1ccc(-c2noc(C(F)(F)F)c2-c2ccccc2)cc1. The fourth-order valence-corrected chi connectivity index (χ4v) is 2.92. The van der Waals surface area contributed by atoms with E-state index in [0.29, 0.717) is 16.0 Å². The number of benzene rings is 2. The van der Waals surface area contributed by atoms with E-state index >= 15 is 0 Å². The topological polar surface area (TPSA) is 52.3 Å². The van der Waals surface area contributed by atoms with E-state index in [1.54, 1.807) is 30.3 Å². The van der Waals surface area contributed by atoms with Crippen LogP contribution in [0.15, 0.2) is 64.0 Å². The molecule has 130 valence electrons. The Hall–Kier alpha value is -2.45. The first-order valence-corrected chi connectivity index (χ1v) is 8.18. The average molecular weight is 367 g/mol. The summed E-state index contributed by atoms with van der Waals surface area (Å²) in [6.07, 6.45) is -4.67. The number of aromatic nitrogens is 1. The van der Waals surface area contributed by atoms with Crippen LogP contribution >= 0.6 is 0 Å². The van der Waals surface area contributed by atoms with Gasteiger partial charge in [0.25, 0.3) is 0 Å². The van der Waals surface area contributed by atoms with Crippen LogP contribution in [0, 0.1) is 0 Å². The molecule has 0 amide bonds.